The molecule has 2 unspecified atom stereocenters. The molecule has 0 radical (unpaired) electrons. The summed E-state index contributed by atoms with van der Waals surface area (Å²) in [5.41, 5.74) is 2.62. The molecule has 0 spiro atoms. The smallest absolute Gasteiger partial charge is 0.286 e. The van der Waals surface area contributed by atoms with Gasteiger partial charge in [-0.15, -0.1) is 0 Å². The topological polar surface area (TPSA) is 112 Å². The van der Waals surface area contributed by atoms with Crippen molar-refractivity contribution >= 4 is 17.5 Å². The molecule has 31 heavy (non-hydrogen) atoms. The van der Waals surface area contributed by atoms with Crippen LogP contribution in [0.5, 0.6) is 11.5 Å². The number of ether oxygens (including phenoxy) is 2. The number of nitrogens with one attached hydrogen (secondary N) is 1. The van der Waals surface area contributed by atoms with Crippen molar-refractivity contribution in [3.05, 3.63) is 53.1 Å². The van der Waals surface area contributed by atoms with Crippen molar-refractivity contribution in [1.82, 2.24) is 5.06 Å². The molecule has 2 aromatic carbocycles. The Kier molecular flexibility index (Phi) is 8.00. The maximum absolute atomic E-state index is 12.8. The molecule has 0 aliphatic carbocycles. The molecule has 2 atom stereocenters. The van der Waals surface area contributed by atoms with Crippen LogP contribution in [0.1, 0.15) is 37.0 Å². The Morgan fingerprint density at radius 3 is 2.45 bits per heavy atom. The number of anilines is 1. The van der Waals surface area contributed by atoms with Gasteiger partial charge in [-0.2, -0.15) is 5.26 Å². The Morgan fingerprint density at radius 1 is 1.16 bits per heavy atom. The van der Waals surface area contributed by atoms with Crippen LogP contribution < -0.4 is 14.8 Å². The SMILES string of the molecule is CCC(Oc1ccc(C)cc1C)C(=O)Nc1ccc(C#N)c(OC(C)C(=O)N(C)O)c1. The van der Waals surface area contributed by atoms with Gasteiger partial charge in [0.15, 0.2) is 12.2 Å². The van der Waals surface area contributed by atoms with Gasteiger partial charge in [0, 0.05) is 18.8 Å². The van der Waals surface area contributed by atoms with E-state index < -0.39 is 18.1 Å². The highest BCUT2D eigenvalue weighted by Crippen LogP contribution is 2.25. The first-order valence-corrected chi connectivity index (χ1v) is 9.88. The molecule has 8 nitrogen and oxygen atoms in total. The van der Waals surface area contributed by atoms with E-state index in [2.05, 4.69) is 5.32 Å². The largest absolute Gasteiger partial charge is 0.480 e. The first kappa shape index (κ1) is 23.7. The van der Waals surface area contributed by atoms with Crippen molar-refractivity contribution < 1.29 is 24.3 Å². The van der Waals surface area contributed by atoms with Crippen LogP contribution in [0.25, 0.3) is 0 Å². The van der Waals surface area contributed by atoms with E-state index in [1.807, 2.05) is 45.0 Å². The van der Waals surface area contributed by atoms with Gasteiger partial charge in [0.2, 0.25) is 0 Å². The van der Waals surface area contributed by atoms with Crippen molar-refractivity contribution in [2.24, 2.45) is 0 Å². The standard InChI is InChI=1S/C23H27N3O5/c1-6-19(31-20-10-7-14(2)11-15(20)3)22(27)25-18-9-8-17(13-24)21(12-18)30-16(4)23(28)26(5)29/h7-12,16,19,29H,6H2,1-5H3,(H,25,27). The number of carbonyl (C=O) groups is 2. The maximum Gasteiger partial charge on any atom is 0.286 e. The first-order valence-electron chi connectivity index (χ1n) is 9.88. The number of carbonyl (C=O) groups excluding carboxylic acids is 2. The predicted octanol–water partition coefficient (Wildman–Crippen LogP) is 3.59. The fraction of sp³-hybridized carbons (Fsp3) is 0.348. The predicted molar refractivity (Wildman–Crippen MR) is 115 cm³/mol. The zero-order valence-electron chi connectivity index (χ0n) is 18.3. The van der Waals surface area contributed by atoms with Crippen LogP contribution in [0.2, 0.25) is 0 Å². The summed E-state index contributed by atoms with van der Waals surface area (Å²) in [6, 6.07) is 12.2. The van der Waals surface area contributed by atoms with Crippen LogP contribution in [-0.4, -0.2) is 41.3 Å². The fourth-order valence-corrected chi connectivity index (χ4v) is 2.92. The van der Waals surface area contributed by atoms with Gasteiger partial charge in [-0.05, 0) is 51.0 Å². The number of hydroxylamine groups is 2. The van der Waals surface area contributed by atoms with E-state index in [0.29, 0.717) is 22.9 Å². The number of likely N-dealkylation sites (N-methyl/N-ethyl adjacent to an activating group) is 1. The summed E-state index contributed by atoms with van der Waals surface area (Å²) in [6.07, 6.45) is -1.29. The van der Waals surface area contributed by atoms with Gasteiger partial charge >= 0.3 is 0 Å². The van der Waals surface area contributed by atoms with Crippen LogP contribution >= 0.6 is 0 Å². The van der Waals surface area contributed by atoms with E-state index in [1.165, 1.54) is 26.1 Å². The second-order valence-corrected chi connectivity index (χ2v) is 7.22. The number of amides is 2. The number of rotatable bonds is 8. The number of nitrogens with zero attached hydrogens (tertiary/aromatic N) is 2. The molecule has 2 aromatic rings. The molecule has 0 aliphatic heterocycles. The molecule has 164 valence electrons. The minimum absolute atomic E-state index is 0.117. The molecule has 8 heteroatoms. The summed E-state index contributed by atoms with van der Waals surface area (Å²) in [5.74, 6) is -0.271. The molecule has 0 aliphatic rings. The normalized spacial score (nSPS) is 12.3. The highest BCUT2D eigenvalue weighted by atomic mass is 16.5. The molecule has 0 saturated heterocycles. The van der Waals surface area contributed by atoms with Crippen molar-refractivity contribution in [2.45, 2.75) is 46.3 Å². The lowest BCUT2D eigenvalue weighted by Crippen LogP contribution is -2.36. The second-order valence-electron chi connectivity index (χ2n) is 7.22. The molecule has 0 saturated carbocycles. The monoisotopic (exact) mass is 425 g/mol. The minimum atomic E-state index is -1.02. The Labute approximate surface area is 182 Å². The highest BCUT2D eigenvalue weighted by molar-refractivity contribution is 5.94. The van der Waals surface area contributed by atoms with Crippen LogP contribution in [0.3, 0.4) is 0 Å². The minimum Gasteiger partial charge on any atom is -0.480 e. The Bertz CT molecular complexity index is 997. The lowest BCUT2D eigenvalue weighted by molar-refractivity contribution is -0.166. The van der Waals surface area contributed by atoms with E-state index >= 15 is 0 Å². The van der Waals surface area contributed by atoms with Crippen molar-refractivity contribution in [2.75, 3.05) is 12.4 Å². The summed E-state index contributed by atoms with van der Waals surface area (Å²) in [7, 11) is 1.19. The summed E-state index contributed by atoms with van der Waals surface area (Å²) in [6.45, 7) is 7.20. The van der Waals surface area contributed by atoms with Gasteiger partial charge in [0.25, 0.3) is 11.8 Å². The molecule has 0 fully saturated rings. The molecule has 0 bridgehead atoms. The summed E-state index contributed by atoms with van der Waals surface area (Å²) in [5, 5.41) is 21.8. The Hall–Kier alpha value is -3.57. The number of hydrogen-bond donors (Lipinski definition) is 2. The Balaban J connectivity index is 2.17. The van der Waals surface area contributed by atoms with Gasteiger partial charge < -0.3 is 14.8 Å². The lowest BCUT2D eigenvalue weighted by atomic mass is 10.1. The molecule has 2 N–H and O–H groups in total. The molecule has 2 amide bonds. The van der Waals surface area contributed by atoms with Gasteiger partial charge in [0.05, 0.1) is 5.56 Å². The Morgan fingerprint density at radius 2 is 1.87 bits per heavy atom. The number of hydrogen-bond acceptors (Lipinski definition) is 6. The van der Waals surface area contributed by atoms with Gasteiger partial charge in [-0.1, -0.05) is 24.6 Å². The number of nitriles is 1. The average Bonchev–Trinajstić information content (AvgIpc) is 2.72. The van der Waals surface area contributed by atoms with Gasteiger partial charge in [-0.25, -0.2) is 5.06 Å². The van der Waals surface area contributed by atoms with Crippen LogP contribution in [0, 0.1) is 25.2 Å². The number of aryl methyl sites for hydroxylation is 2. The lowest BCUT2D eigenvalue weighted by Gasteiger charge is -2.20. The summed E-state index contributed by atoms with van der Waals surface area (Å²) >= 11 is 0. The second kappa shape index (κ2) is 10.5. The zero-order chi connectivity index (χ0) is 23.1. The molecular formula is C23H27N3O5. The number of benzene rings is 2. The van der Waals surface area contributed by atoms with E-state index in [1.54, 1.807) is 6.07 Å². The van der Waals surface area contributed by atoms with Crippen LogP contribution in [0.4, 0.5) is 5.69 Å². The average molecular weight is 425 g/mol. The third-order valence-corrected chi connectivity index (χ3v) is 4.60. The third-order valence-electron chi connectivity index (χ3n) is 4.60. The van der Waals surface area contributed by atoms with Crippen molar-refractivity contribution in [1.29, 1.82) is 5.26 Å². The summed E-state index contributed by atoms with van der Waals surface area (Å²) < 4.78 is 11.4. The quantitative estimate of drug-likeness (QED) is 0.494. The first-order chi connectivity index (χ1) is 14.7. The molecular weight excluding hydrogens is 398 g/mol. The van der Waals surface area contributed by atoms with Gasteiger partial charge in [-0.3, -0.25) is 14.8 Å². The highest BCUT2D eigenvalue weighted by Gasteiger charge is 2.22. The van der Waals surface area contributed by atoms with Crippen molar-refractivity contribution in [3.8, 4) is 17.6 Å². The fourth-order valence-electron chi connectivity index (χ4n) is 2.92. The van der Waals surface area contributed by atoms with E-state index in [4.69, 9.17) is 9.47 Å². The van der Waals surface area contributed by atoms with Crippen LogP contribution in [-0.2, 0) is 9.59 Å². The van der Waals surface area contributed by atoms with E-state index in [9.17, 15) is 20.1 Å². The van der Waals surface area contributed by atoms with Crippen LogP contribution in [0.15, 0.2) is 36.4 Å². The molecule has 0 heterocycles. The zero-order valence-corrected chi connectivity index (χ0v) is 18.3. The van der Waals surface area contributed by atoms with Crippen molar-refractivity contribution in [3.63, 3.8) is 0 Å². The molecule has 2 rings (SSSR count). The maximum atomic E-state index is 12.8. The third kappa shape index (κ3) is 6.20. The summed E-state index contributed by atoms with van der Waals surface area (Å²) in [4.78, 5) is 24.6. The van der Waals surface area contributed by atoms with Gasteiger partial charge in [0.1, 0.15) is 17.6 Å². The van der Waals surface area contributed by atoms with E-state index in [0.717, 1.165) is 11.1 Å². The van der Waals surface area contributed by atoms with E-state index in [-0.39, 0.29) is 17.2 Å². The molecule has 0 aromatic heterocycles.